The lowest BCUT2D eigenvalue weighted by Crippen LogP contribution is -2.20. The van der Waals surface area contributed by atoms with E-state index in [1.807, 2.05) is 42.5 Å². The molecule has 0 aromatic heterocycles. The second kappa shape index (κ2) is 8.74. The average molecular weight is 388 g/mol. The lowest BCUT2D eigenvalue weighted by molar-refractivity contribution is -0.136. The van der Waals surface area contributed by atoms with E-state index in [-0.39, 0.29) is 17.8 Å². The molecule has 4 heteroatoms. The topological polar surface area (TPSA) is 52.6 Å². The molecule has 0 radical (unpaired) electrons. The van der Waals surface area contributed by atoms with Gasteiger partial charge >= 0.3 is 5.97 Å². The van der Waals surface area contributed by atoms with Crippen LogP contribution in [0.2, 0.25) is 0 Å². The largest absolute Gasteiger partial charge is 0.482 e. The standard InChI is InChI=1S/C25H24O4/c1-25(2,3)21-11-7-8-12-22(21)28-17-23(26)29-20-15-13-19(14-16-20)24(27)18-9-5-4-6-10-18/h4-16H,17H2,1-3H3. The van der Waals surface area contributed by atoms with Gasteiger partial charge in [0.2, 0.25) is 0 Å². The monoisotopic (exact) mass is 388 g/mol. The highest BCUT2D eigenvalue weighted by Gasteiger charge is 2.19. The Bertz CT molecular complexity index is 983. The van der Waals surface area contributed by atoms with Gasteiger partial charge in [-0.15, -0.1) is 0 Å². The Morgan fingerprint density at radius 1 is 0.759 bits per heavy atom. The maximum Gasteiger partial charge on any atom is 0.349 e. The number of ketones is 1. The first kappa shape index (κ1) is 20.3. The van der Waals surface area contributed by atoms with E-state index in [9.17, 15) is 9.59 Å². The highest BCUT2D eigenvalue weighted by Crippen LogP contribution is 2.30. The third-order valence-corrected chi connectivity index (χ3v) is 4.42. The number of hydrogen-bond donors (Lipinski definition) is 0. The van der Waals surface area contributed by atoms with Crippen LogP contribution in [-0.2, 0) is 10.2 Å². The van der Waals surface area contributed by atoms with Crippen LogP contribution in [0.1, 0.15) is 42.3 Å². The minimum Gasteiger partial charge on any atom is -0.482 e. The molecule has 0 aliphatic rings. The van der Waals surface area contributed by atoms with Crippen molar-refractivity contribution >= 4 is 11.8 Å². The molecule has 0 aliphatic heterocycles. The zero-order valence-corrected chi connectivity index (χ0v) is 16.8. The van der Waals surface area contributed by atoms with E-state index in [1.165, 1.54) is 0 Å². The summed E-state index contributed by atoms with van der Waals surface area (Å²) >= 11 is 0. The van der Waals surface area contributed by atoms with Gasteiger partial charge in [-0.05, 0) is 41.3 Å². The quantitative estimate of drug-likeness (QED) is 0.331. The highest BCUT2D eigenvalue weighted by atomic mass is 16.6. The number of rotatable bonds is 6. The van der Waals surface area contributed by atoms with Gasteiger partial charge < -0.3 is 9.47 Å². The SMILES string of the molecule is CC(C)(C)c1ccccc1OCC(=O)Oc1ccc(C(=O)c2ccccc2)cc1. The van der Waals surface area contributed by atoms with Crippen molar-refractivity contribution in [2.75, 3.05) is 6.61 Å². The summed E-state index contributed by atoms with van der Waals surface area (Å²) in [5.74, 6) is 0.453. The van der Waals surface area contributed by atoms with Gasteiger partial charge in [0.25, 0.3) is 0 Å². The molecule has 0 atom stereocenters. The van der Waals surface area contributed by atoms with E-state index in [0.29, 0.717) is 22.6 Å². The van der Waals surface area contributed by atoms with Crippen LogP contribution in [0.4, 0.5) is 0 Å². The van der Waals surface area contributed by atoms with E-state index in [4.69, 9.17) is 9.47 Å². The summed E-state index contributed by atoms with van der Waals surface area (Å²) in [4.78, 5) is 24.6. The molecule has 3 rings (SSSR count). The van der Waals surface area contributed by atoms with Crippen molar-refractivity contribution in [3.63, 3.8) is 0 Å². The molecule has 0 heterocycles. The molecule has 0 amide bonds. The fourth-order valence-corrected chi connectivity index (χ4v) is 2.94. The number of esters is 1. The zero-order chi connectivity index (χ0) is 20.9. The summed E-state index contributed by atoms with van der Waals surface area (Å²) in [6.07, 6.45) is 0. The van der Waals surface area contributed by atoms with Gasteiger partial charge in [0, 0.05) is 11.1 Å². The molecule has 29 heavy (non-hydrogen) atoms. The van der Waals surface area contributed by atoms with Crippen LogP contribution in [-0.4, -0.2) is 18.4 Å². The summed E-state index contributed by atoms with van der Waals surface area (Å²) in [6, 6.07) is 23.2. The fourth-order valence-electron chi connectivity index (χ4n) is 2.94. The lowest BCUT2D eigenvalue weighted by atomic mass is 9.86. The molecule has 0 aliphatic carbocycles. The Morgan fingerprint density at radius 2 is 1.34 bits per heavy atom. The van der Waals surface area contributed by atoms with Gasteiger partial charge in [0.15, 0.2) is 12.4 Å². The number of hydrogen-bond acceptors (Lipinski definition) is 4. The molecule has 0 spiro atoms. The van der Waals surface area contributed by atoms with Gasteiger partial charge in [-0.2, -0.15) is 0 Å². The van der Waals surface area contributed by atoms with Gasteiger partial charge in [-0.1, -0.05) is 69.3 Å². The zero-order valence-electron chi connectivity index (χ0n) is 16.8. The van der Waals surface area contributed by atoms with Crippen LogP contribution < -0.4 is 9.47 Å². The lowest BCUT2D eigenvalue weighted by Gasteiger charge is -2.22. The average Bonchev–Trinajstić information content (AvgIpc) is 2.72. The first-order valence-electron chi connectivity index (χ1n) is 9.47. The molecular weight excluding hydrogens is 364 g/mol. The third-order valence-electron chi connectivity index (χ3n) is 4.42. The van der Waals surface area contributed by atoms with Crippen LogP contribution in [0.15, 0.2) is 78.9 Å². The first-order chi connectivity index (χ1) is 13.8. The fraction of sp³-hybridized carbons (Fsp3) is 0.200. The minimum absolute atomic E-state index is 0.0782. The molecule has 3 aromatic carbocycles. The van der Waals surface area contributed by atoms with Crippen molar-refractivity contribution in [2.45, 2.75) is 26.2 Å². The first-order valence-corrected chi connectivity index (χ1v) is 9.47. The summed E-state index contributed by atoms with van der Waals surface area (Å²) in [6.45, 7) is 6.07. The molecule has 0 unspecified atom stereocenters. The van der Waals surface area contributed by atoms with Crippen molar-refractivity contribution in [1.29, 1.82) is 0 Å². The highest BCUT2D eigenvalue weighted by molar-refractivity contribution is 6.09. The molecule has 3 aromatic rings. The Labute approximate surface area is 171 Å². The van der Waals surface area contributed by atoms with Crippen LogP contribution in [0.5, 0.6) is 11.5 Å². The van der Waals surface area contributed by atoms with E-state index in [2.05, 4.69) is 20.8 Å². The van der Waals surface area contributed by atoms with Crippen molar-refractivity contribution in [3.05, 3.63) is 95.6 Å². The molecule has 0 bridgehead atoms. The third kappa shape index (κ3) is 5.32. The Kier molecular flexibility index (Phi) is 6.13. The molecule has 4 nitrogen and oxygen atoms in total. The van der Waals surface area contributed by atoms with Gasteiger partial charge in [0.1, 0.15) is 11.5 Å². The van der Waals surface area contributed by atoms with Crippen LogP contribution in [0.25, 0.3) is 0 Å². The van der Waals surface area contributed by atoms with Crippen molar-refractivity contribution in [3.8, 4) is 11.5 Å². The second-order valence-electron chi connectivity index (χ2n) is 7.73. The number of benzene rings is 3. The van der Waals surface area contributed by atoms with Gasteiger partial charge in [0.05, 0.1) is 0 Å². The summed E-state index contributed by atoms with van der Waals surface area (Å²) < 4.78 is 11.0. The number of ether oxygens (including phenoxy) is 2. The predicted molar refractivity (Wildman–Crippen MR) is 113 cm³/mol. The minimum atomic E-state index is -0.504. The van der Waals surface area contributed by atoms with Gasteiger partial charge in [-0.3, -0.25) is 4.79 Å². The molecule has 148 valence electrons. The number of carbonyl (C=O) groups is 2. The van der Waals surface area contributed by atoms with Crippen LogP contribution in [0, 0.1) is 0 Å². The summed E-state index contributed by atoms with van der Waals surface area (Å²) in [7, 11) is 0. The maximum absolute atomic E-state index is 12.4. The van der Waals surface area contributed by atoms with E-state index >= 15 is 0 Å². The van der Waals surface area contributed by atoms with Crippen LogP contribution >= 0.6 is 0 Å². The van der Waals surface area contributed by atoms with Crippen molar-refractivity contribution < 1.29 is 19.1 Å². The molecular formula is C25H24O4. The Morgan fingerprint density at radius 3 is 2.00 bits per heavy atom. The maximum atomic E-state index is 12.4. The summed E-state index contributed by atoms with van der Waals surface area (Å²) in [5.41, 5.74) is 2.08. The Hall–Kier alpha value is -3.40. The normalized spacial score (nSPS) is 11.0. The predicted octanol–water partition coefficient (Wildman–Crippen LogP) is 5.20. The molecule has 0 fully saturated rings. The second-order valence-corrected chi connectivity index (χ2v) is 7.73. The van der Waals surface area contributed by atoms with Gasteiger partial charge in [-0.25, -0.2) is 4.79 Å². The number of para-hydroxylation sites is 1. The van der Waals surface area contributed by atoms with Crippen molar-refractivity contribution in [2.24, 2.45) is 0 Å². The molecule has 0 saturated carbocycles. The van der Waals surface area contributed by atoms with Crippen molar-refractivity contribution in [1.82, 2.24) is 0 Å². The van der Waals surface area contributed by atoms with E-state index in [1.54, 1.807) is 36.4 Å². The number of carbonyl (C=O) groups excluding carboxylic acids is 2. The molecule has 0 saturated heterocycles. The van der Waals surface area contributed by atoms with E-state index in [0.717, 1.165) is 5.56 Å². The smallest absolute Gasteiger partial charge is 0.349 e. The summed E-state index contributed by atoms with van der Waals surface area (Å²) in [5, 5.41) is 0. The van der Waals surface area contributed by atoms with Crippen LogP contribution in [0.3, 0.4) is 0 Å². The van der Waals surface area contributed by atoms with E-state index < -0.39 is 5.97 Å². The Balaban J connectivity index is 1.60. The molecule has 0 N–H and O–H groups in total.